The maximum Gasteiger partial charge on any atom is 0.149 e. The molecule has 0 saturated carbocycles. The summed E-state index contributed by atoms with van der Waals surface area (Å²) < 4.78 is 31.8. The number of alkyl halides is 1. The Kier molecular flexibility index (Phi) is 4.35. The highest BCUT2D eigenvalue weighted by molar-refractivity contribution is 9.09. The third kappa shape index (κ3) is 2.74. The van der Waals surface area contributed by atoms with Crippen LogP contribution < -0.4 is 8.61 Å². The van der Waals surface area contributed by atoms with Crippen molar-refractivity contribution >= 4 is 45.1 Å². The largest absolute Gasteiger partial charge is 0.293 e. The molecule has 1 heterocycles. The first-order valence-electron chi connectivity index (χ1n) is 6.57. The predicted octanol–water partition coefficient (Wildman–Crippen LogP) is 5.27. The molecule has 0 aromatic heterocycles. The molecule has 0 fully saturated rings. The highest BCUT2D eigenvalue weighted by atomic mass is 79.9. The summed E-state index contributed by atoms with van der Waals surface area (Å²) in [5, 5.41) is 0.841. The van der Waals surface area contributed by atoms with E-state index in [-0.39, 0.29) is 11.6 Å². The second-order valence-corrected chi connectivity index (χ2v) is 6.34. The quantitative estimate of drug-likeness (QED) is 0.534. The van der Waals surface area contributed by atoms with E-state index in [4.69, 9.17) is 0 Å². The molecule has 2 aromatic carbocycles. The molecule has 110 valence electrons. The van der Waals surface area contributed by atoms with Crippen LogP contribution in [-0.4, -0.2) is 11.9 Å². The molecule has 0 bridgehead atoms. The van der Waals surface area contributed by atoms with Crippen molar-refractivity contribution in [1.82, 2.24) is 0 Å². The summed E-state index contributed by atoms with van der Waals surface area (Å²) in [6.07, 6.45) is 0.881. The van der Waals surface area contributed by atoms with Crippen LogP contribution in [0.3, 0.4) is 0 Å². The van der Waals surface area contributed by atoms with Gasteiger partial charge in [0, 0.05) is 11.9 Å². The van der Waals surface area contributed by atoms with Crippen LogP contribution in [0.1, 0.15) is 6.42 Å². The summed E-state index contributed by atoms with van der Waals surface area (Å²) >= 11 is 4.71. The lowest BCUT2D eigenvalue weighted by Gasteiger charge is -2.19. The van der Waals surface area contributed by atoms with E-state index in [1.807, 2.05) is 10.4 Å². The topological polar surface area (TPSA) is 6.48 Å². The smallest absolute Gasteiger partial charge is 0.149 e. The molecule has 1 aliphatic heterocycles. The Morgan fingerprint density at radius 2 is 1.67 bits per heavy atom. The van der Waals surface area contributed by atoms with E-state index in [9.17, 15) is 8.78 Å². The lowest BCUT2D eigenvalue weighted by atomic mass is 10.2. The Balaban J connectivity index is 2.02. The molecule has 2 aromatic rings. The van der Waals surface area contributed by atoms with Crippen LogP contribution >= 0.6 is 28.1 Å². The van der Waals surface area contributed by atoms with Crippen molar-refractivity contribution in [2.75, 3.05) is 20.5 Å². The molecule has 0 atom stereocenters. The minimum Gasteiger partial charge on any atom is -0.293 e. The normalized spacial score (nSPS) is 13.7. The molecule has 2 nitrogen and oxygen atoms in total. The molecule has 0 radical (unpaired) electrons. The molecule has 1 aliphatic rings. The van der Waals surface area contributed by atoms with Crippen molar-refractivity contribution in [3.05, 3.63) is 54.1 Å². The Morgan fingerprint density at radius 1 is 0.952 bits per heavy atom. The number of para-hydroxylation sites is 2. The van der Waals surface area contributed by atoms with E-state index >= 15 is 0 Å². The monoisotopic (exact) mass is 370 g/mol. The van der Waals surface area contributed by atoms with Gasteiger partial charge >= 0.3 is 0 Å². The van der Waals surface area contributed by atoms with E-state index in [0.717, 1.165) is 11.8 Å². The van der Waals surface area contributed by atoms with Crippen LogP contribution in [0.15, 0.2) is 42.5 Å². The number of rotatable bonds is 4. The van der Waals surface area contributed by atoms with Crippen LogP contribution in [-0.2, 0) is 0 Å². The molecule has 0 aliphatic carbocycles. The van der Waals surface area contributed by atoms with Crippen LogP contribution in [0.4, 0.5) is 25.8 Å². The van der Waals surface area contributed by atoms with E-state index in [1.165, 1.54) is 24.3 Å². The number of hydrogen-bond acceptors (Lipinski definition) is 3. The van der Waals surface area contributed by atoms with Crippen molar-refractivity contribution in [1.29, 1.82) is 0 Å². The fourth-order valence-electron chi connectivity index (χ4n) is 2.24. The fraction of sp³-hybridized carbons (Fsp3) is 0.200. The van der Waals surface area contributed by atoms with Gasteiger partial charge in [-0.3, -0.25) is 8.61 Å². The van der Waals surface area contributed by atoms with E-state index < -0.39 is 0 Å². The van der Waals surface area contributed by atoms with Crippen molar-refractivity contribution in [3.63, 3.8) is 0 Å². The zero-order valence-corrected chi connectivity index (χ0v) is 13.5. The van der Waals surface area contributed by atoms with Gasteiger partial charge in [-0.15, -0.1) is 0 Å². The first kappa shape index (κ1) is 14.7. The van der Waals surface area contributed by atoms with Gasteiger partial charge in [-0.1, -0.05) is 34.1 Å². The maximum atomic E-state index is 14.2. The van der Waals surface area contributed by atoms with Gasteiger partial charge in [-0.25, -0.2) is 8.78 Å². The minimum absolute atomic E-state index is 0.284. The van der Waals surface area contributed by atoms with Gasteiger partial charge < -0.3 is 0 Å². The second-order valence-electron chi connectivity index (χ2n) is 4.58. The van der Waals surface area contributed by atoms with Crippen LogP contribution in [0, 0.1) is 11.6 Å². The van der Waals surface area contributed by atoms with Gasteiger partial charge in [0.1, 0.15) is 17.3 Å². The second kappa shape index (κ2) is 6.23. The van der Waals surface area contributed by atoms with Gasteiger partial charge in [-0.2, -0.15) is 0 Å². The van der Waals surface area contributed by atoms with Crippen LogP contribution in [0.25, 0.3) is 0 Å². The summed E-state index contributed by atoms with van der Waals surface area (Å²) in [7, 11) is 0. The van der Waals surface area contributed by atoms with E-state index in [1.54, 1.807) is 28.6 Å². The van der Waals surface area contributed by atoms with Gasteiger partial charge in [0.05, 0.1) is 23.5 Å². The number of benzene rings is 2. The minimum atomic E-state index is -0.317. The molecular weight excluding hydrogens is 358 g/mol. The third-order valence-electron chi connectivity index (χ3n) is 3.18. The van der Waals surface area contributed by atoms with Crippen molar-refractivity contribution in [2.45, 2.75) is 6.42 Å². The van der Waals surface area contributed by atoms with E-state index in [0.29, 0.717) is 23.6 Å². The predicted molar refractivity (Wildman–Crippen MR) is 88.3 cm³/mol. The summed E-state index contributed by atoms with van der Waals surface area (Å²) in [6.45, 7) is 0.689. The average molecular weight is 371 g/mol. The van der Waals surface area contributed by atoms with Gasteiger partial charge in [0.2, 0.25) is 0 Å². The molecule has 0 unspecified atom stereocenters. The zero-order chi connectivity index (χ0) is 14.8. The van der Waals surface area contributed by atoms with Crippen molar-refractivity contribution in [3.8, 4) is 0 Å². The van der Waals surface area contributed by atoms with Crippen LogP contribution in [0.5, 0.6) is 0 Å². The average Bonchev–Trinajstić information content (AvgIpc) is 2.86. The first-order valence-corrected chi connectivity index (χ1v) is 8.42. The molecule has 3 rings (SSSR count). The highest BCUT2D eigenvalue weighted by Gasteiger charge is 2.32. The third-order valence-corrected chi connectivity index (χ3v) is 4.86. The zero-order valence-electron chi connectivity index (χ0n) is 11.1. The number of fused-ring (bicyclic) bond motifs is 1. The van der Waals surface area contributed by atoms with Crippen molar-refractivity contribution in [2.24, 2.45) is 0 Å². The lowest BCUT2D eigenvalue weighted by molar-refractivity contribution is 0.627. The number of hydrogen-bond donors (Lipinski definition) is 0. The van der Waals surface area contributed by atoms with E-state index in [2.05, 4.69) is 15.9 Å². The standard InChI is InChI=1S/C15H13BrF2N2S/c16-9-4-10-19-15-12(18)6-3-8-14(15)20(21-19)13-7-2-1-5-11(13)17/h1-3,5-8H,4,9-10H2. The summed E-state index contributed by atoms with van der Waals surface area (Å²) in [5.41, 5.74) is 1.64. The molecule has 21 heavy (non-hydrogen) atoms. The Hall–Kier alpha value is -1.27. The maximum absolute atomic E-state index is 14.2. The SMILES string of the molecule is Fc1ccccc1N1SN(CCCBr)c2c(F)cccc21. The Bertz CT molecular complexity index is 653. The molecule has 0 amide bonds. The first-order chi connectivity index (χ1) is 10.2. The summed E-state index contributed by atoms with van der Waals surface area (Å²) in [4.78, 5) is 0. The van der Waals surface area contributed by atoms with Crippen molar-refractivity contribution < 1.29 is 8.78 Å². The number of halogens is 3. The summed E-state index contributed by atoms with van der Waals surface area (Å²) in [5.74, 6) is -0.601. The van der Waals surface area contributed by atoms with Gasteiger partial charge in [0.15, 0.2) is 0 Å². The fourth-order valence-corrected chi connectivity index (χ4v) is 3.64. The number of anilines is 3. The Morgan fingerprint density at radius 3 is 2.43 bits per heavy atom. The molecule has 0 spiro atoms. The summed E-state index contributed by atoms with van der Waals surface area (Å²) in [6, 6.07) is 11.4. The van der Waals surface area contributed by atoms with Gasteiger partial charge in [0.25, 0.3) is 0 Å². The lowest BCUT2D eigenvalue weighted by Crippen LogP contribution is -2.16. The molecule has 6 heteroatoms. The highest BCUT2D eigenvalue weighted by Crippen LogP contribution is 2.50. The number of nitrogens with zero attached hydrogens (tertiary/aromatic N) is 2. The van der Waals surface area contributed by atoms with Gasteiger partial charge in [-0.05, 0) is 30.7 Å². The molecule has 0 N–H and O–H groups in total. The van der Waals surface area contributed by atoms with Crippen LogP contribution in [0.2, 0.25) is 0 Å². The molecule has 0 saturated heterocycles. The Labute approximate surface area is 135 Å². The molecular formula is C15H13BrF2N2S.